The summed E-state index contributed by atoms with van der Waals surface area (Å²) in [5.74, 6) is 0. The minimum absolute atomic E-state index is 0.199. The van der Waals surface area contributed by atoms with E-state index in [9.17, 15) is 0 Å². The van der Waals surface area contributed by atoms with Crippen LogP contribution in [-0.4, -0.2) is 0 Å². The Balaban J connectivity index is 2.53. The van der Waals surface area contributed by atoms with Crippen molar-refractivity contribution >= 4 is 28.4 Å². The molecule has 0 heterocycles. The van der Waals surface area contributed by atoms with Crippen LogP contribution < -0.4 is 0 Å². The van der Waals surface area contributed by atoms with Crippen molar-refractivity contribution in [3.05, 3.63) is 53.1 Å². The molecule has 2 rings (SSSR count). The second-order valence-electron chi connectivity index (χ2n) is 3.21. The monoisotopic (exact) mass is 213 g/mol. The normalized spacial score (nSPS) is 11.3. The van der Waals surface area contributed by atoms with E-state index in [1.807, 2.05) is 42.5 Å². The highest BCUT2D eigenvalue weighted by molar-refractivity contribution is 6.33. The van der Waals surface area contributed by atoms with Crippen LogP contribution >= 0.6 is 11.6 Å². The Morgan fingerprint density at radius 2 is 1.87 bits per heavy atom. The van der Waals surface area contributed by atoms with Crippen molar-refractivity contribution in [3.8, 4) is 6.07 Å². The zero-order valence-electron chi connectivity index (χ0n) is 7.94. The van der Waals surface area contributed by atoms with Gasteiger partial charge in [-0.05, 0) is 28.5 Å². The van der Waals surface area contributed by atoms with Gasteiger partial charge in [0.25, 0.3) is 0 Å². The molecule has 0 bridgehead atoms. The van der Waals surface area contributed by atoms with Crippen LogP contribution in [0.3, 0.4) is 0 Å². The van der Waals surface area contributed by atoms with E-state index in [1.165, 1.54) is 5.39 Å². The summed E-state index contributed by atoms with van der Waals surface area (Å²) < 4.78 is 0. The standard InChI is InChI=1S/C13H8ClN/c14-13(9-15)8-10-5-6-11-3-1-2-4-12(11)7-10/h1-8H. The molecule has 0 fully saturated rings. The quantitative estimate of drug-likeness (QED) is 0.659. The fourth-order valence-corrected chi connectivity index (χ4v) is 1.60. The maximum Gasteiger partial charge on any atom is 0.118 e. The van der Waals surface area contributed by atoms with Crippen molar-refractivity contribution in [1.82, 2.24) is 0 Å². The molecule has 0 radical (unpaired) electrons. The smallest absolute Gasteiger partial charge is 0.118 e. The van der Waals surface area contributed by atoms with Crippen LogP contribution in [0, 0.1) is 11.3 Å². The lowest BCUT2D eigenvalue weighted by Crippen LogP contribution is -1.75. The fourth-order valence-electron chi connectivity index (χ4n) is 1.48. The first-order valence-corrected chi connectivity index (χ1v) is 4.93. The van der Waals surface area contributed by atoms with Crippen molar-refractivity contribution in [1.29, 1.82) is 5.26 Å². The van der Waals surface area contributed by atoms with Gasteiger partial charge in [-0.3, -0.25) is 0 Å². The van der Waals surface area contributed by atoms with Crippen molar-refractivity contribution in [2.75, 3.05) is 0 Å². The van der Waals surface area contributed by atoms with Crippen molar-refractivity contribution < 1.29 is 0 Å². The van der Waals surface area contributed by atoms with Gasteiger partial charge in [-0.2, -0.15) is 5.26 Å². The van der Waals surface area contributed by atoms with Gasteiger partial charge in [0.15, 0.2) is 0 Å². The van der Waals surface area contributed by atoms with E-state index < -0.39 is 0 Å². The maximum atomic E-state index is 8.56. The Morgan fingerprint density at radius 1 is 1.13 bits per heavy atom. The molecular formula is C13H8ClN. The zero-order chi connectivity index (χ0) is 10.7. The van der Waals surface area contributed by atoms with Crippen LogP contribution in [0.4, 0.5) is 0 Å². The minimum atomic E-state index is 0.199. The van der Waals surface area contributed by atoms with E-state index in [4.69, 9.17) is 16.9 Å². The second-order valence-corrected chi connectivity index (χ2v) is 3.62. The number of fused-ring (bicyclic) bond motifs is 1. The van der Waals surface area contributed by atoms with Gasteiger partial charge in [0.05, 0.1) is 0 Å². The molecule has 0 N–H and O–H groups in total. The minimum Gasteiger partial charge on any atom is -0.191 e. The SMILES string of the molecule is N#CC(Cl)=Cc1ccc2ccccc2c1. The predicted molar refractivity (Wildman–Crippen MR) is 63.4 cm³/mol. The molecule has 0 unspecified atom stereocenters. The topological polar surface area (TPSA) is 23.8 Å². The van der Waals surface area contributed by atoms with Crippen molar-refractivity contribution in [2.45, 2.75) is 0 Å². The van der Waals surface area contributed by atoms with Gasteiger partial charge in [0.2, 0.25) is 0 Å². The van der Waals surface area contributed by atoms with Gasteiger partial charge < -0.3 is 0 Å². The first-order chi connectivity index (χ1) is 7.29. The summed E-state index contributed by atoms with van der Waals surface area (Å²) in [5, 5.41) is 11.1. The molecule has 0 atom stereocenters. The summed E-state index contributed by atoms with van der Waals surface area (Å²) in [6.45, 7) is 0. The van der Waals surface area contributed by atoms with E-state index in [2.05, 4.69) is 6.07 Å². The third kappa shape index (κ3) is 2.18. The van der Waals surface area contributed by atoms with Crippen LogP contribution in [0.1, 0.15) is 5.56 Å². The van der Waals surface area contributed by atoms with Gasteiger partial charge in [0, 0.05) is 0 Å². The Labute approximate surface area is 93.2 Å². The zero-order valence-corrected chi connectivity index (χ0v) is 8.70. The number of benzene rings is 2. The van der Waals surface area contributed by atoms with Crippen molar-refractivity contribution in [3.63, 3.8) is 0 Å². The molecule has 0 spiro atoms. The molecule has 0 aliphatic carbocycles. The van der Waals surface area contributed by atoms with Gasteiger partial charge >= 0.3 is 0 Å². The molecule has 0 aromatic heterocycles. The van der Waals surface area contributed by atoms with Crippen LogP contribution in [0.2, 0.25) is 0 Å². The summed E-state index contributed by atoms with van der Waals surface area (Å²) in [6.07, 6.45) is 1.66. The molecule has 0 saturated carbocycles. The van der Waals surface area contributed by atoms with E-state index >= 15 is 0 Å². The third-order valence-electron chi connectivity index (χ3n) is 2.17. The number of rotatable bonds is 1. The first kappa shape index (κ1) is 9.76. The molecule has 2 heteroatoms. The summed E-state index contributed by atoms with van der Waals surface area (Å²) in [5.41, 5.74) is 0.945. The molecule has 2 aromatic carbocycles. The fraction of sp³-hybridized carbons (Fsp3) is 0. The summed E-state index contributed by atoms with van der Waals surface area (Å²) >= 11 is 5.65. The third-order valence-corrected chi connectivity index (χ3v) is 2.37. The van der Waals surface area contributed by atoms with Gasteiger partial charge in [-0.15, -0.1) is 0 Å². The Morgan fingerprint density at radius 3 is 2.60 bits per heavy atom. The lowest BCUT2D eigenvalue weighted by Gasteiger charge is -1.98. The van der Waals surface area contributed by atoms with E-state index in [1.54, 1.807) is 6.08 Å². The molecule has 72 valence electrons. The van der Waals surface area contributed by atoms with Crippen LogP contribution in [0.15, 0.2) is 47.5 Å². The van der Waals surface area contributed by atoms with Gasteiger partial charge in [-0.1, -0.05) is 48.0 Å². The Kier molecular flexibility index (Phi) is 2.71. The largest absolute Gasteiger partial charge is 0.191 e. The van der Waals surface area contributed by atoms with Gasteiger partial charge in [-0.25, -0.2) is 0 Å². The van der Waals surface area contributed by atoms with E-state index in [-0.39, 0.29) is 5.03 Å². The van der Waals surface area contributed by atoms with Crippen LogP contribution in [-0.2, 0) is 0 Å². The summed E-state index contributed by atoms with van der Waals surface area (Å²) in [6, 6.07) is 15.9. The molecule has 0 aliphatic rings. The Hall–Kier alpha value is -1.78. The van der Waals surface area contributed by atoms with Crippen LogP contribution in [0.25, 0.3) is 16.8 Å². The molecular weight excluding hydrogens is 206 g/mol. The lowest BCUT2D eigenvalue weighted by molar-refractivity contribution is 1.53. The maximum absolute atomic E-state index is 8.56. The molecule has 15 heavy (non-hydrogen) atoms. The number of halogens is 1. The predicted octanol–water partition coefficient (Wildman–Crippen LogP) is 3.94. The molecule has 0 amide bonds. The lowest BCUT2D eigenvalue weighted by atomic mass is 10.1. The summed E-state index contributed by atoms with van der Waals surface area (Å²) in [4.78, 5) is 0. The number of hydrogen-bond acceptors (Lipinski definition) is 1. The van der Waals surface area contributed by atoms with Gasteiger partial charge in [0.1, 0.15) is 11.1 Å². The highest BCUT2D eigenvalue weighted by Gasteiger charge is 1.94. The highest BCUT2D eigenvalue weighted by atomic mass is 35.5. The molecule has 1 nitrogen and oxygen atoms in total. The highest BCUT2D eigenvalue weighted by Crippen LogP contribution is 2.18. The number of nitrogens with zero attached hydrogens (tertiary/aromatic N) is 1. The van der Waals surface area contributed by atoms with Crippen molar-refractivity contribution in [2.24, 2.45) is 0 Å². The molecule has 0 saturated heterocycles. The van der Waals surface area contributed by atoms with Crippen LogP contribution in [0.5, 0.6) is 0 Å². The van der Waals surface area contributed by atoms with E-state index in [0.717, 1.165) is 10.9 Å². The number of allylic oxidation sites excluding steroid dienone is 1. The second kappa shape index (κ2) is 4.16. The van der Waals surface area contributed by atoms with E-state index in [0.29, 0.717) is 0 Å². The Bertz CT molecular complexity index is 564. The first-order valence-electron chi connectivity index (χ1n) is 4.56. The number of hydrogen-bond donors (Lipinski definition) is 0. The molecule has 2 aromatic rings. The molecule has 0 aliphatic heterocycles. The average molecular weight is 214 g/mol. The number of nitriles is 1. The summed E-state index contributed by atoms with van der Waals surface area (Å²) in [7, 11) is 0. The average Bonchev–Trinajstić information content (AvgIpc) is 2.29.